The SMILES string of the molecule is O=C(/C=C(\Nc1ccccc1)c1ccc(Cl)cc1)c1ccccc1. The standard InChI is InChI=1S/C21H16ClNO/c22-18-13-11-16(12-14-18)20(23-19-9-5-2-6-10-19)15-21(24)17-7-3-1-4-8-17/h1-15,23H/b20-15-. The first-order chi connectivity index (χ1) is 11.7. The van der Waals surface area contributed by atoms with Crippen molar-refractivity contribution in [2.75, 3.05) is 5.32 Å². The average Bonchev–Trinajstić information content (AvgIpc) is 2.63. The third kappa shape index (κ3) is 4.12. The maximum absolute atomic E-state index is 12.5. The lowest BCUT2D eigenvalue weighted by atomic mass is 10.1. The summed E-state index contributed by atoms with van der Waals surface area (Å²) in [6.45, 7) is 0. The Kier molecular flexibility index (Phi) is 5.09. The summed E-state index contributed by atoms with van der Waals surface area (Å²) in [7, 11) is 0. The minimum Gasteiger partial charge on any atom is -0.355 e. The molecule has 3 aromatic rings. The van der Waals surface area contributed by atoms with Gasteiger partial charge in [-0.15, -0.1) is 0 Å². The third-order valence-electron chi connectivity index (χ3n) is 3.54. The minimum atomic E-state index is -0.0519. The van der Waals surface area contributed by atoms with Crippen LogP contribution >= 0.6 is 11.6 Å². The Balaban J connectivity index is 1.96. The molecular weight excluding hydrogens is 318 g/mol. The zero-order chi connectivity index (χ0) is 16.8. The Bertz CT molecular complexity index is 840. The number of benzene rings is 3. The molecule has 0 aromatic heterocycles. The first kappa shape index (κ1) is 16.0. The Hall–Kier alpha value is -2.84. The summed E-state index contributed by atoms with van der Waals surface area (Å²) in [4.78, 5) is 12.5. The van der Waals surface area contributed by atoms with E-state index in [0.717, 1.165) is 16.9 Å². The number of ketones is 1. The molecule has 0 aliphatic rings. The Morgan fingerprint density at radius 3 is 1.96 bits per heavy atom. The van der Waals surface area contributed by atoms with Crippen LogP contribution in [-0.4, -0.2) is 5.78 Å². The van der Waals surface area contributed by atoms with Crippen LogP contribution in [0, 0.1) is 0 Å². The summed E-state index contributed by atoms with van der Waals surface area (Å²) in [6, 6.07) is 26.4. The average molecular weight is 334 g/mol. The summed E-state index contributed by atoms with van der Waals surface area (Å²) in [6.07, 6.45) is 1.62. The van der Waals surface area contributed by atoms with E-state index in [1.54, 1.807) is 18.2 Å². The number of halogens is 1. The summed E-state index contributed by atoms with van der Waals surface area (Å²) in [5.41, 5.74) is 3.19. The number of hydrogen-bond donors (Lipinski definition) is 1. The van der Waals surface area contributed by atoms with E-state index in [1.807, 2.05) is 72.8 Å². The van der Waals surface area contributed by atoms with Gasteiger partial charge in [-0.2, -0.15) is 0 Å². The number of para-hydroxylation sites is 1. The second kappa shape index (κ2) is 7.62. The van der Waals surface area contributed by atoms with Crippen LogP contribution in [-0.2, 0) is 0 Å². The zero-order valence-corrected chi connectivity index (χ0v) is 13.7. The molecule has 1 N–H and O–H groups in total. The predicted molar refractivity (Wildman–Crippen MR) is 100 cm³/mol. The lowest BCUT2D eigenvalue weighted by Gasteiger charge is -2.12. The van der Waals surface area contributed by atoms with E-state index in [0.29, 0.717) is 10.6 Å². The van der Waals surface area contributed by atoms with Gasteiger partial charge < -0.3 is 5.32 Å². The van der Waals surface area contributed by atoms with Crippen LogP contribution in [0.15, 0.2) is 91.0 Å². The van der Waals surface area contributed by atoms with E-state index in [4.69, 9.17) is 11.6 Å². The van der Waals surface area contributed by atoms with E-state index in [2.05, 4.69) is 5.32 Å². The topological polar surface area (TPSA) is 29.1 Å². The zero-order valence-electron chi connectivity index (χ0n) is 12.9. The lowest BCUT2D eigenvalue weighted by molar-refractivity contribution is 0.104. The molecule has 0 fully saturated rings. The molecule has 0 saturated carbocycles. The molecular formula is C21H16ClNO. The molecule has 3 rings (SSSR count). The fourth-order valence-electron chi connectivity index (χ4n) is 2.31. The first-order valence-electron chi connectivity index (χ1n) is 7.61. The molecule has 0 unspecified atom stereocenters. The second-order valence-electron chi connectivity index (χ2n) is 5.29. The monoisotopic (exact) mass is 333 g/mol. The maximum atomic E-state index is 12.5. The number of allylic oxidation sites excluding steroid dienone is 1. The van der Waals surface area contributed by atoms with Crippen molar-refractivity contribution in [3.8, 4) is 0 Å². The molecule has 0 aliphatic carbocycles. The fraction of sp³-hybridized carbons (Fsp3) is 0. The van der Waals surface area contributed by atoms with Gasteiger partial charge in [0.1, 0.15) is 0 Å². The number of nitrogens with one attached hydrogen (secondary N) is 1. The highest BCUT2D eigenvalue weighted by Crippen LogP contribution is 2.21. The molecule has 0 heterocycles. The van der Waals surface area contributed by atoms with Crippen LogP contribution in [0.4, 0.5) is 5.69 Å². The molecule has 0 radical (unpaired) electrons. The van der Waals surface area contributed by atoms with Gasteiger partial charge in [0.05, 0.1) is 0 Å². The van der Waals surface area contributed by atoms with Gasteiger partial charge in [0.15, 0.2) is 5.78 Å². The molecule has 0 atom stereocenters. The van der Waals surface area contributed by atoms with Crippen LogP contribution < -0.4 is 5.32 Å². The molecule has 3 heteroatoms. The Morgan fingerprint density at radius 1 is 0.750 bits per heavy atom. The van der Waals surface area contributed by atoms with Crippen LogP contribution in [0.2, 0.25) is 5.02 Å². The van der Waals surface area contributed by atoms with Crippen molar-refractivity contribution in [3.05, 3.63) is 107 Å². The van der Waals surface area contributed by atoms with Crippen molar-refractivity contribution in [1.82, 2.24) is 0 Å². The van der Waals surface area contributed by atoms with Crippen LogP contribution in [0.25, 0.3) is 5.70 Å². The molecule has 0 amide bonds. The largest absolute Gasteiger partial charge is 0.355 e. The van der Waals surface area contributed by atoms with Gasteiger partial charge in [-0.25, -0.2) is 0 Å². The van der Waals surface area contributed by atoms with Crippen LogP contribution in [0.1, 0.15) is 15.9 Å². The smallest absolute Gasteiger partial charge is 0.187 e. The number of carbonyl (C=O) groups excluding carboxylic acids is 1. The van der Waals surface area contributed by atoms with Gasteiger partial charge in [-0.05, 0) is 29.8 Å². The molecule has 24 heavy (non-hydrogen) atoms. The van der Waals surface area contributed by atoms with E-state index in [-0.39, 0.29) is 5.78 Å². The molecule has 0 aliphatic heterocycles. The lowest BCUT2D eigenvalue weighted by Crippen LogP contribution is -2.03. The van der Waals surface area contributed by atoms with E-state index in [9.17, 15) is 4.79 Å². The van der Waals surface area contributed by atoms with E-state index < -0.39 is 0 Å². The maximum Gasteiger partial charge on any atom is 0.187 e. The van der Waals surface area contributed by atoms with Crippen LogP contribution in [0.5, 0.6) is 0 Å². The van der Waals surface area contributed by atoms with Crippen molar-refractivity contribution < 1.29 is 4.79 Å². The highest BCUT2D eigenvalue weighted by molar-refractivity contribution is 6.30. The van der Waals surface area contributed by atoms with Crippen molar-refractivity contribution in [3.63, 3.8) is 0 Å². The molecule has 3 aromatic carbocycles. The van der Waals surface area contributed by atoms with Crippen LogP contribution in [0.3, 0.4) is 0 Å². The quantitative estimate of drug-likeness (QED) is 0.481. The normalized spacial score (nSPS) is 11.1. The van der Waals surface area contributed by atoms with Crippen molar-refractivity contribution >= 4 is 28.8 Å². The Morgan fingerprint density at radius 2 is 1.33 bits per heavy atom. The minimum absolute atomic E-state index is 0.0519. The van der Waals surface area contributed by atoms with Crippen molar-refractivity contribution in [1.29, 1.82) is 0 Å². The second-order valence-corrected chi connectivity index (χ2v) is 5.72. The highest BCUT2D eigenvalue weighted by atomic mass is 35.5. The van der Waals surface area contributed by atoms with Crippen molar-refractivity contribution in [2.45, 2.75) is 0 Å². The van der Waals surface area contributed by atoms with E-state index >= 15 is 0 Å². The van der Waals surface area contributed by atoms with Gasteiger partial charge >= 0.3 is 0 Å². The number of carbonyl (C=O) groups is 1. The first-order valence-corrected chi connectivity index (χ1v) is 7.99. The summed E-state index contributed by atoms with van der Waals surface area (Å²) in [5.74, 6) is -0.0519. The molecule has 0 bridgehead atoms. The summed E-state index contributed by atoms with van der Waals surface area (Å²) in [5, 5.41) is 3.97. The molecule has 118 valence electrons. The summed E-state index contributed by atoms with van der Waals surface area (Å²) >= 11 is 5.97. The third-order valence-corrected chi connectivity index (χ3v) is 3.79. The molecule has 0 saturated heterocycles. The van der Waals surface area contributed by atoms with Gasteiger partial charge in [-0.1, -0.05) is 72.3 Å². The molecule has 0 spiro atoms. The Labute approximate surface area is 146 Å². The molecule has 2 nitrogen and oxygen atoms in total. The van der Waals surface area contributed by atoms with Gasteiger partial charge in [0, 0.05) is 28.0 Å². The van der Waals surface area contributed by atoms with Gasteiger partial charge in [0.25, 0.3) is 0 Å². The van der Waals surface area contributed by atoms with Gasteiger partial charge in [-0.3, -0.25) is 4.79 Å². The summed E-state index contributed by atoms with van der Waals surface area (Å²) < 4.78 is 0. The number of anilines is 1. The number of hydrogen-bond acceptors (Lipinski definition) is 2. The van der Waals surface area contributed by atoms with Gasteiger partial charge in [0.2, 0.25) is 0 Å². The van der Waals surface area contributed by atoms with E-state index in [1.165, 1.54) is 0 Å². The van der Waals surface area contributed by atoms with Crippen molar-refractivity contribution in [2.24, 2.45) is 0 Å². The predicted octanol–water partition coefficient (Wildman–Crippen LogP) is 5.68. The fourth-order valence-corrected chi connectivity index (χ4v) is 2.44. The highest BCUT2D eigenvalue weighted by Gasteiger charge is 2.08. The number of rotatable bonds is 5.